The van der Waals surface area contributed by atoms with Crippen LogP contribution in [0, 0.1) is 0 Å². The van der Waals surface area contributed by atoms with Gasteiger partial charge in [-0.05, 0) is 18.6 Å². The third kappa shape index (κ3) is 2.24. The van der Waals surface area contributed by atoms with E-state index < -0.39 is 0 Å². The van der Waals surface area contributed by atoms with Gasteiger partial charge in [0.05, 0.1) is 5.69 Å². The van der Waals surface area contributed by atoms with Crippen LogP contribution in [0.15, 0.2) is 18.3 Å². The maximum Gasteiger partial charge on any atom is 0.217 e. The van der Waals surface area contributed by atoms with Crippen LogP contribution in [0.4, 0.5) is 11.5 Å². The zero-order valence-electron chi connectivity index (χ0n) is 9.31. The van der Waals surface area contributed by atoms with Gasteiger partial charge in [0.25, 0.3) is 0 Å². The highest BCUT2D eigenvalue weighted by Crippen LogP contribution is 2.24. The summed E-state index contributed by atoms with van der Waals surface area (Å²) in [5.74, 6) is 0.567. The number of nitrogen functional groups attached to an aromatic ring is 1. The Hall–Kier alpha value is -1.78. The molecule has 0 radical (unpaired) electrons. The molecule has 1 aromatic rings. The van der Waals surface area contributed by atoms with E-state index in [0.29, 0.717) is 5.82 Å². The van der Waals surface area contributed by atoms with Gasteiger partial charge in [0, 0.05) is 32.3 Å². The molecule has 0 saturated carbocycles. The Kier molecular flexibility index (Phi) is 2.94. The molecule has 5 heteroatoms. The summed E-state index contributed by atoms with van der Waals surface area (Å²) in [5.41, 5.74) is 6.76. The number of nitrogens with two attached hydrogens (primary N) is 1. The van der Waals surface area contributed by atoms with E-state index in [1.165, 1.54) is 0 Å². The van der Waals surface area contributed by atoms with Crippen molar-refractivity contribution in [3.63, 3.8) is 0 Å². The molecule has 3 N–H and O–H groups in total. The number of nitrogens with one attached hydrogen (secondary N) is 1. The van der Waals surface area contributed by atoms with Crippen LogP contribution in [0.3, 0.4) is 0 Å². The molecular formula is C11H16N4O. The van der Waals surface area contributed by atoms with Crippen molar-refractivity contribution >= 4 is 17.4 Å². The Bertz CT molecular complexity index is 393. The number of amides is 1. The summed E-state index contributed by atoms with van der Waals surface area (Å²) in [6.45, 7) is 3.25. The van der Waals surface area contributed by atoms with Crippen LogP contribution < -0.4 is 16.0 Å². The van der Waals surface area contributed by atoms with Crippen molar-refractivity contribution in [2.75, 3.05) is 23.7 Å². The van der Waals surface area contributed by atoms with E-state index >= 15 is 0 Å². The molecule has 1 aliphatic rings. The first-order chi connectivity index (χ1) is 7.66. The molecule has 0 bridgehead atoms. The molecular weight excluding hydrogens is 204 g/mol. The standard InChI is InChI=1S/C11H16N4O/c1-8(16)14-9-4-6-15(7-9)10-3-2-5-13-11(10)12/h2-3,5,9H,4,6-7H2,1H3,(H2,12,13)(H,14,16). The van der Waals surface area contributed by atoms with Crippen LogP contribution in [0.5, 0.6) is 0 Å². The highest BCUT2D eigenvalue weighted by Gasteiger charge is 2.24. The molecule has 2 rings (SSSR count). The van der Waals surface area contributed by atoms with Crippen molar-refractivity contribution in [3.05, 3.63) is 18.3 Å². The van der Waals surface area contributed by atoms with Gasteiger partial charge in [-0.2, -0.15) is 0 Å². The fourth-order valence-electron chi connectivity index (χ4n) is 2.06. The van der Waals surface area contributed by atoms with Crippen LogP contribution in [-0.2, 0) is 4.79 Å². The number of aromatic nitrogens is 1. The summed E-state index contributed by atoms with van der Waals surface area (Å²) in [5, 5.41) is 2.92. The molecule has 5 nitrogen and oxygen atoms in total. The summed E-state index contributed by atoms with van der Waals surface area (Å²) < 4.78 is 0. The SMILES string of the molecule is CC(=O)NC1CCN(c2cccnc2N)C1. The first-order valence-corrected chi connectivity index (χ1v) is 5.39. The Balaban J connectivity index is 2.04. The number of rotatable bonds is 2. The Labute approximate surface area is 94.6 Å². The van der Waals surface area contributed by atoms with E-state index in [4.69, 9.17) is 5.73 Å². The zero-order chi connectivity index (χ0) is 11.5. The van der Waals surface area contributed by atoms with E-state index in [-0.39, 0.29) is 11.9 Å². The van der Waals surface area contributed by atoms with E-state index in [2.05, 4.69) is 15.2 Å². The number of carbonyl (C=O) groups excluding carboxylic acids is 1. The first kappa shape index (κ1) is 10.7. The van der Waals surface area contributed by atoms with Gasteiger partial charge in [0.2, 0.25) is 5.91 Å². The van der Waals surface area contributed by atoms with Crippen molar-refractivity contribution in [1.82, 2.24) is 10.3 Å². The van der Waals surface area contributed by atoms with Crippen molar-refractivity contribution in [3.8, 4) is 0 Å². The molecule has 0 aromatic carbocycles. The quantitative estimate of drug-likeness (QED) is 0.755. The zero-order valence-corrected chi connectivity index (χ0v) is 9.31. The molecule has 0 aliphatic carbocycles. The Morgan fingerprint density at radius 2 is 2.50 bits per heavy atom. The lowest BCUT2D eigenvalue weighted by atomic mass is 10.2. The molecule has 1 unspecified atom stereocenters. The van der Waals surface area contributed by atoms with Crippen LogP contribution in [0.2, 0.25) is 0 Å². The average Bonchev–Trinajstić information content (AvgIpc) is 2.66. The maximum atomic E-state index is 10.9. The second-order valence-electron chi connectivity index (χ2n) is 4.04. The Morgan fingerprint density at radius 1 is 1.69 bits per heavy atom. The largest absolute Gasteiger partial charge is 0.382 e. The monoisotopic (exact) mass is 220 g/mol. The second kappa shape index (κ2) is 4.38. The van der Waals surface area contributed by atoms with Crippen molar-refractivity contribution in [2.24, 2.45) is 0 Å². The molecule has 1 atom stereocenters. The van der Waals surface area contributed by atoms with E-state index in [0.717, 1.165) is 25.2 Å². The normalized spacial score (nSPS) is 19.8. The lowest BCUT2D eigenvalue weighted by Crippen LogP contribution is -2.35. The minimum Gasteiger partial charge on any atom is -0.382 e. The van der Waals surface area contributed by atoms with Crippen LogP contribution in [0.1, 0.15) is 13.3 Å². The molecule has 16 heavy (non-hydrogen) atoms. The predicted octanol–water partition coefficient (Wildman–Crippen LogP) is 0.379. The van der Waals surface area contributed by atoms with Gasteiger partial charge in [0.1, 0.15) is 5.82 Å². The minimum atomic E-state index is 0.0195. The van der Waals surface area contributed by atoms with Crippen LogP contribution >= 0.6 is 0 Å². The number of nitrogens with zero attached hydrogens (tertiary/aromatic N) is 2. The summed E-state index contributed by atoms with van der Waals surface area (Å²) in [6, 6.07) is 4.05. The van der Waals surface area contributed by atoms with Gasteiger partial charge in [-0.3, -0.25) is 4.79 Å². The summed E-state index contributed by atoms with van der Waals surface area (Å²) in [6.07, 6.45) is 2.63. The number of carbonyl (C=O) groups is 1. The van der Waals surface area contributed by atoms with Crippen molar-refractivity contribution in [2.45, 2.75) is 19.4 Å². The van der Waals surface area contributed by atoms with Gasteiger partial charge in [-0.15, -0.1) is 0 Å². The predicted molar refractivity (Wildman–Crippen MR) is 63.1 cm³/mol. The van der Waals surface area contributed by atoms with Crippen LogP contribution in [0.25, 0.3) is 0 Å². The Morgan fingerprint density at radius 3 is 3.19 bits per heavy atom. The topological polar surface area (TPSA) is 71.2 Å². The van der Waals surface area contributed by atoms with E-state index in [1.54, 1.807) is 13.1 Å². The minimum absolute atomic E-state index is 0.0195. The summed E-state index contributed by atoms with van der Waals surface area (Å²) in [4.78, 5) is 17.2. The third-order valence-corrected chi connectivity index (χ3v) is 2.75. The summed E-state index contributed by atoms with van der Waals surface area (Å²) in [7, 11) is 0. The second-order valence-corrected chi connectivity index (χ2v) is 4.04. The number of hydrogen-bond acceptors (Lipinski definition) is 4. The molecule has 1 amide bonds. The highest BCUT2D eigenvalue weighted by molar-refractivity contribution is 5.73. The highest BCUT2D eigenvalue weighted by atomic mass is 16.1. The van der Waals surface area contributed by atoms with Crippen LogP contribution in [-0.4, -0.2) is 30.0 Å². The van der Waals surface area contributed by atoms with E-state index in [9.17, 15) is 4.79 Å². The molecule has 1 saturated heterocycles. The maximum absolute atomic E-state index is 10.9. The van der Waals surface area contributed by atoms with Gasteiger partial charge in [0.15, 0.2) is 0 Å². The average molecular weight is 220 g/mol. The smallest absolute Gasteiger partial charge is 0.217 e. The number of pyridine rings is 1. The fraction of sp³-hybridized carbons (Fsp3) is 0.455. The molecule has 1 fully saturated rings. The third-order valence-electron chi connectivity index (χ3n) is 2.75. The molecule has 0 spiro atoms. The number of hydrogen-bond donors (Lipinski definition) is 2. The number of anilines is 2. The van der Waals surface area contributed by atoms with Gasteiger partial charge >= 0.3 is 0 Å². The molecule has 86 valence electrons. The fourth-order valence-corrected chi connectivity index (χ4v) is 2.06. The van der Waals surface area contributed by atoms with Gasteiger partial charge in [-0.25, -0.2) is 4.98 Å². The summed E-state index contributed by atoms with van der Waals surface area (Å²) >= 11 is 0. The lowest BCUT2D eigenvalue weighted by Gasteiger charge is -2.19. The first-order valence-electron chi connectivity index (χ1n) is 5.39. The van der Waals surface area contributed by atoms with Crippen molar-refractivity contribution in [1.29, 1.82) is 0 Å². The lowest BCUT2D eigenvalue weighted by molar-refractivity contribution is -0.119. The van der Waals surface area contributed by atoms with E-state index in [1.807, 2.05) is 12.1 Å². The molecule has 2 heterocycles. The molecule has 1 aromatic heterocycles. The van der Waals surface area contributed by atoms with Crippen molar-refractivity contribution < 1.29 is 4.79 Å². The van der Waals surface area contributed by atoms with Gasteiger partial charge < -0.3 is 16.0 Å². The van der Waals surface area contributed by atoms with Gasteiger partial charge in [-0.1, -0.05) is 0 Å². The molecule has 1 aliphatic heterocycles.